The topological polar surface area (TPSA) is 116 Å². The number of hydrazine groups is 1. The normalized spacial score (nSPS) is 11.4. The van der Waals surface area contributed by atoms with Crippen LogP contribution in [0, 0.1) is 6.92 Å². The van der Waals surface area contributed by atoms with Crippen molar-refractivity contribution >= 4 is 11.6 Å². The molecular formula is C11H21N5O2. The van der Waals surface area contributed by atoms with Gasteiger partial charge in [-0.3, -0.25) is 0 Å². The van der Waals surface area contributed by atoms with E-state index < -0.39 is 5.54 Å². The van der Waals surface area contributed by atoms with Crippen molar-refractivity contribution in [1.82, 2.24) is 9.97 Å². The van der Waals surface area contributed by atoms with E-state index in [9.17, 15) is 10.2 Å². The number of anilines is 2. The summed E-state index contributed by atoms with van der Waals surface area (Å²) in [6.45, 7) is 5.04. The smallest absolute Gasteiger partial charge is 0.148 e. The number of nitrogen functional groups attached to an aromatic ring is 1. The van der Waals surface area contributed by atoms with Gasteiger partial charge in [-0.25, -0.2) is 15.8 Å². The van der Waals surface area contributed by atoms with Gasteiger partial charge in [0.05, 0.1) is 18.8 Å². The van der Waals surface area contributed by atoms with Gasteiger partial charge in [-0.05, 0) is 13.8 Å². The fourth-order valence-electron chi connectivity index (χ4n) is 1.40. The van der Waals surface area contributed by atoms with Crippen LogP contribution in [-0.2, 0) is 6.42 Å². The molecule has 1 rings (SSSR count). The third-order valence-corrected chi connectivity index (χ3v) is 2.76. The van der Waals surface area contributed by atoms with Crippen LogP contribution >= 0.6 is 0 Å². The van der Waals surface area contributed by atoms with Gasteiger partial charge in [0, 0.05) is 12.0 Å². The lowest BCUT2D eigenvalue weighted by atomic mass is 10.1. The molecule has 102 valence electrons. The van der Waals surface area contributed by atoms with Crippen LogP contribution in [0.4, 0.5) is 11.6 Å². The number of aliphatic hydroxyl groups is 2. The maximum absolute atomic E-state index is 9.28. The van der Waals surface area contributed by atoms with Crippen LogP contribution in [-0.4, -0.2) is 38.9 Å². The summed E-state index contributed by atoms with van der Waals surface area (Å²) in [5.41, 5.74) is 2.42. The lowest BCUT2D eigenvalue weighted by Gasteiger charge is -2.28. The number of rotatable bonds is 6. The number of nitrogens with one attached hydrogen (secondary N) is 2. The highest BCUT2D eigenvalue weighted by molar-refractivity contribution is 5.57. The highest BCUT2D eigenvalue weighted by Crippen LogP contribution is 2.22. The van der Waals surface area contributed by atoms with Crippen LogP contribution in [0.1, 0.15) is 25.2 Å². The number of aromatic nitrogens is 2. The number of aryl methyl sites for hydroxylation is 1. The molecule has 0 unspecified atom stereocenters. The summed E-state index contributed by atoms with van der Waals surface area (Å²) < 4.78 is 0. The molecule has 6 N–H and O–H groups in total. The highest BCUT2D eigenvalue weighted by atomic mass is 16.3. The molecule has 0 saturated carbocycles. The minimum absolute atomic E-state index is 0.209. The molecular weight excluding hydrogens is 234 g/mol. The van der Waals surface area contributed by atoms with Gasteiger partial charge in [0.2, 0.25) is 0 Å². The molecule has 18 heavy (non-hydrogen) atoms. The summed E-state index contributed by atoms with van der Waals surface area (Å²) in [7, 11) is 0. The zero-order valence-corrected chi connectivity index (χ0v) is 11.0. The molecule has 0 atom stereocenters. The van der Waals surface area contributed by atoms with E-state index in [0.717, 1.165) is 5.56 Å². The van der Waals surface area contributed by atoms with Gasteiger partial charge in [-0.1, -0.05) is 6.92 Å². The quantitative estimate of drug-likeness (QED) is 0.353. The molecule has 0 spiro atoms. The average molecular weight is 255 g/mol. The van der Waals surface area contributed by atoms with Crippen molar-refractivity contribution in [2.24, 2.45) is 5.84 Å². The van der Waals surface area contributed by atoms with Crippen LogP contribution in [0.25, 0.3) is 0 Å². The molecule has 0 aliphatic carbocycles. The first-order chi connectivity index (χ1) is 8.49. The van der Waals surface area contributed by atoms with E-state index in [0.29, 0.717) is 23.9 Å². The summed E-state index contributed by atoms with van der Waals surface area (Å²) in [5, 5.41) is 21.6. The second-order valence-electron chi connectivity index (χ2n) is 4.46. The van der Waals surface area contributed by atoms with Gasteiger partial charge in [-0.15, -0.1) is 0 Å². The first kappa shape index (κ1) is 14.6. The Morgan fingerprint density at radius 2 is 1.78 bits per heavy atom. The molecule has 0 amide bonds. The Kier molecular flexibility index (Phi) is 4.83. The van der Waals surface area contributed by atoms with Crippen LogP contribution in [0.3, 0.4) is 0 Å². The van der Waals surface area contributed by atoms with Crippen LogP contribution in [0.2, 0.25) is 0 Å². The summed E-state index contributed by atoms with van der Waals surface area (Å²) in [6, 6.07) is 0. The van der Waals surface area contributed by atoms with Crippen molar-refractivity contribution in [1.29, 1.82) is 0 Å². The molecule has 1 aromatic rings. The number of hydrogen-bond acceptors (Lipinski definition) is 7. The zero-order valence-electron chi connectivity index (χ0n) is 11.0. The van der Waals surface area contributed by atoms with Crippen LogP contribution < -0.4 is 16.6 Å². The van der Waals surface area contributed by atoms with E-state index in [1.807, 2.05) is 13.8 Å². The average Bonchev–Trinajstić information content (AvgIpc) is 2.40. The monoisotopic (exact) mass is 255 g/mol. The van der Waals surface area contributed by atoms with Gasteiger partial charge in [0.1, 0.15) is 17.5 Å². The minimum atomic E-state index is -0.837. The van der Waals surface area contributed by atoms with Gasteiger partial charge in [0.25, 0.3) is 0 Å². The van der Waals surface area contributed by atoms with Gasteiger partial charge in [-0.2, -0.15) is 0 Å². The maximum Gasteiger partial charge on any atom is 0.148 e. The maximum atomic E-state index is 9.28. The number of nitrogens with zero attached hydrogens (tertiary/aromatic N) is 2. The third-order valence-electron chi connectivity index (χ3n) is 2.76. The lowest BCUT2D eigenvalue weighted by Crippen LogP contribution is -2.43. The molecule has 0 bridgehead atoms. The molecule has 0 saturated heterocycles. The fourth-order valence-corrected chi connectivity index (χ4v) is 1.40. The predicted octanol–water partition coefficient (Wildman–Crippen LogP) is -0.212. The third kappa shape index (κ3) is 3.06. The second kappa shape index (κ2) is 5.94. The summed E-state index contributed by atoms with van der Waals surface area (Å²) in [6.07, 6.45) is 0.665. The van der Waals surface area contributed by atoms with Gasteiger partial charge >= 0.3 is 0 Å². The Morgan fingerprint density at radius 3 is 2.22 bits per heavy atom. The van der Waals surface area contributed by atoms with Gasteiger partial charge in [0.15, 0.2) is 0 Å². The van der Waals surface area contributed by atoms with Crippen molar-refractivity contribution in [2.45, 2.75) is 32.7 Å². The molecule has 7 heteroatoms. The number of aliphatic hydroxyl groups excluding tert-OH is 2. The Bertz CT molecular complexity index is 407. The molecule has 1 aromatic heterocycles. The molecule has 0 aromatic carbocycles. The Labute approximate surface area is 106 Å². The lowest BCUT2D eigenvalue weighted by molar-refractivity contribution is 0.147. The highest BCUT2D eigenvalue weighted by Gasteiger charge is 2.24. The summed E-state index contributed by atoms with van der Waals surface area (Å²) in [5.74, 6) is 7.12. The second-order valence-corrected chi connectivity index (χ2v) is 4.46. The standard InChI is InChI=1S/C11H21N5O2/c1-4-8-13-9(7(2)10(14-8)16-12)15-11(3,5-17)6-18/h17-18H,4-6,12H2,1-3H3,(H2,13,14,15,16). The van der Waals surface area contributed by atoms with E-state index in [4.69, 9.17) is 5.84 Å². The van der Waals surface area contributed by atoms with E-state index in [2.05, 4.69) is 20.7 Å². The fraction of sp³-hybridized carbons (Fsp3) is 0.636. The molecule has 1 heterocycles. The SMILES string of the molecule is CCc1nc(NN)c(C)c(NC(C)(CO)CO)n1. The zero-order chi connectivity index (χ0) is 13.8. The molecule has 7 nitrogen and oxygen atoms in total. The predicted molar refractivity (Wildman–Crippen MR) is 70.2 cm³/mol. The van der Waals surface area contributed by atoms with Crippen molar-refractivity contribution in [3.63, 3.8) is 0 Å². The van der Waals surface area contributed by atoms with Crippen molar-refractivity contribution in [3.8, 4) is 0 Å². The van der Waals surface area contributed by atoms with Crippen molar-refractivity contribution in [3.05, 3.63) is 11.4 Å². The minimum Gasteiger partial charge on any atom is -0.394 e. The van der Waals surface area contributed by atoms with Crippen LogP contribution in [0.5, 0.6) is 0 Å². The first-order valence-electron chi connectivity index (χ1n) is 5.83. The van der Waals surface area contributed by atoms with E-state index in [-0.39, 0.29) is 13.2 Å². The van der Waals surface area contributed by atoms with E-state index in [1.165, 1.54) is 0 Å². The number of nitrogens with two attached hydrogens (primary N) is 1. The van der Waals surface area contributed by atoms with E-state index in [1.54, 1.807) is 6.92 Å². The molecule has 0 radical (unpaired) electrons. The molecule has 0 aliphatic heterocycles. The summed E-state index contributed by atoms with van der Waals surface area (Å²) >= 11 is 0. The van der Waals surface area contributed by atoms with Crippen molar-refractivity contribution in [2.75, 3.05) is 24.0 Å². The first-order valence-corrected chi connectivity index (χ1v) is 5.83. The summed E-state index contributed by atoms with van der Waals surface area (Å²) in [4.78, 5) is 8.58. The molecule has 0 aliphatic rings. The Hall–Kier alpha value is -1.44. The van der Waals surface area contributed by atoms with Crippen molar-refractivity contribution < 1.29 is 10.2 Å². The Balaban J connectivity index is 3.15. The number of hydrogen-bond donors (Lipinski definition) is 5. The Morgan fingerprint density at radius 1 is 1.22 bits per heavy atom. The van der Waals surface area contributed by atoms with Crippen LogP contribution in [0.15, 0.2) is 0 Å². The van der Waals surface area contributed by atoms with Gasteiger partial charge < -0.3 is 21.0 Å². The van der Waals surface area contributed by atoms with E-state index >= 15 is 0 Å². The largest absolute Gasteiger partial charge is 0.394 e. The molecule has 0 fully saturated rings.